The van der Waals surface area contributed by atoms with Gasteiger partial charge in [0, 0.05) is 11.6 Å². The number of fused-ring (bicyclic) bond motifs is 1. The molecule has 3 aromatic rings. The van der Waals surface area contributed by atoms with E-state index in [1.165, 1.54) is 12.1 Å². The lowest BCUT2D eigenvalue weighted by molar-refractivity contribution is -0.933. The van der Waals surface area contributed by atoms with Crippen molar-refractivity contribution in [1.82, 2.24) is 0 Å². The van der Waals surface area contributed by atoms with Gasteiger partial charge in [0.15, 0.2) is 11.9 Å². The van der Waals surface area contributed by atoms with Crippen LogP contribution >= 0.6 is 0 Å². The molecule has 1 fully saturated rings. The highest BCUT2D eigenvalue weighted by molar-refractivity contribution is 5.82. The van der Waals surface area contributed by atoms with E-state index in [-0.39, 0.29) is 11.8 Å². The van der Waals surface area contributed by atoms with Crippen molar-refractivity contribution < 1.29 is 32.9 Å². The number of aromatic amines is 1. The average Bonchev–Trinajstić information content (AvgIpc) is 2.71. The number of nitrogens with one attached hydrogen (secondary N) is 2. The highest BCUT2D eigenvalue weighted by atomic mass is 19.4. The Kier molecular flexibility index (Phi) is 4.95. The highest BCUT2D eigenvalue weighted by Crippen LogP contribution is 2.34. The minimum Gasteiger partial charge on any atom is -0.502 e. The van der Waals surface area contributed by atoms with Crippen molar-refractivity contribution in [2.24, 2.45) is 0 Å². The van der Waals surface area contributed by atoms with Gasteiger partial charge in [-0.1, -0.05) is 12.1 Å². The van der Waals surface area contributed by atoms with Gasteiger partial charge in [0.05, 0.1) is 29.7 Å². The van der Waals surface area contributed by atoms with E-state index in [1.54, 1.807) is 6.20 Å². The SMILES string of the molecule is Oc1c(C(c2ccc(C(F)(F)F)cc2)[NH+]2CCOCC2)ccc2ccc[nH+]c12. The lowest BCUT2D eigenvalue weighted by Gasteiger charge is -2.32. The van der Waals surface area contributed by atoms with E-state index in [0.29, 0.717) is 37.4 Å². The van der Waals surface area contributed by atoms with Gasteiger partial charge in [-0.15, -0.1) is 0 Å². The molecule has 2 aromatic carbocycles. The summed E-state index contributed by atoms with van der Waals surface area (Å²) >= 11 is 0. The number of hydrogen-bond donors (Lipinski definition) is 2. The van der Waals surface area contributed by atoms with Crippen molar-refractivity contribution in [1.29, 1.82) is 0 Å². The molecule has 28 heavy (non-hydrogen) atoms. The third-order valence-corrected chi connectivity index (χ3v) is 5.27. The second kappa shape index (κ2) is 7.41. The van der Waals surface area contributed by atoms with Gasteiger partial charge in [0.25, 0.3) is 5.52 Å². The summed E-state index contributed by atoms with van der Waals surface area (Å²) in [6.07, 6.45) is -2.64. The Bertz CT molecular complexity index is 968. The Balaban J connectivity index is 1.81. The quantitative estimate of drug-likeness (QED) is 0.722. The van der Waals surface area contributed by atoms with Crippen LogP contribution < -0.4 is 9.88 Å². The standard InChI is InChI=1S/C21H19F3N2O2/c22-21(23,24)16-6-3-15(4-7-16)19(26-10-12-28-13-11-26)17-8-5-14-2-1-9-25-18(14)20(17)27/h1-9,19,27H,10-13H2/p+2. The van der Waals surface area contributed by atoms with Gasteiger partial charge in [-0.2, -0.15) is 13.2 Å². The molecule has 1 atom stereocenters. The van der Waals surface area contributed by atoms with Crippen LogP contribution in [0.3, 0.4) is 0 Å². The molecule has 1 aliphatic rings. The van der Waals surface area contributed by atoms with Crippen molar-refractivity contribution in [2.75, 3.05) is 26.3 Å². The minimum absolute atomic E-state index is 0.127. The maximum atomic E-state index is 13.0. The van der Waals surface area contributed by atoms with E-state index in [4.69, 9.17) is 4.74 Å². The summed E-state index contributed by atoms with van der Waals surface area (Å²) in [5.74, 6) is 0.127. The highest BCUT2D eigenvalue weighted by Gasteiger charge is 2.34. The molecule has 1 unspecified atom stereocenters. The summed E-state index contributed by atoms with van der Waals surface area (Å²) < 4.78 is 44.4. The van der Waals surface area contributed by atoms with Gasteiger partial charge in [-0.25, -0.2) is 4.98 Å². The molecule has 146 valence electrons. The first kappa shape index (κ1) is 18.7. The van der Waals surface area contributed by atoms with Crippen molar-refractivity contribution in [2.45, 2.75) is 12.2 Å². The molecule has 4 nitrogen and oxygen atoms in total. The molecule has 1 saturated heterocycles. The number of phenolic OH excluding ortho intramolecular Hbond substituents is 1. The summed E-state index contributed by atoms with van der Waals surface area (Å²) in [5.41, 5.74) is 1.36. The molecule has 3 N–H and O–H groups in total. The van der Waals surface area contributed by atoms with E-state index in [9.17, 15) is 18.3 Å². The second-order valence-electron chi connectivity index (χ2n) is 6.96. The number of H-pyrrole nitrogens is 1. The van der Waals surface area contributed by atoms with Crippen LogP contribution in [0.1, 0.15) is 22.7 Å². The van der Waals surface area contributed by atoms with Crippen LogP contribution in [0.15, 0.2) is 54.7 Å². The Labute approximate surface area is 160 Å². The molecule has 1 aromatic heterocycles. The van der Waals surface area contributed by atoms with E-state index < -0.39 is 11.7 Å². The molecule has 4 rings (SSSR count). The van der Waals surface area contributed by atoms with Crippen LogP contribution in [0.25, 0.3) is 10.9 Å². The number of aromatic nitrogens is 1. The number of aromatic hydroxyl groups is 1. The topological polar surface area (TPSA) is 48.0 Å². The molecule has 2 heterocycles. The monoisotopic (exact) mass is 390 g/mol. The maximum absolute atomic E-state index is 13.0. The molecule has 0 aliphatic carbocycles. The van der Waals surface area contributed by atoms with Crippen molar-refractivity contribution in [3.63, 3.8) is 0 Å². The first-order valence-electron chi connectivity index (χ1n) is 9.17. The number of pyridine rings is 1. The smallest absolute Gasteiger partial charge is 0.416 e. The largest absolute Gasteiger partial charge is 0.502 e. The van der Waals surface area contributed by atoms with Gasteiger partial charge in [0.2, 0.25) is 0 Å². The average molecular weight is 390 g/mol. The van der Waals surface area contributed by atoms with Gasteiger partial charge < -0.3 is 14.7 Å². The predicted molar refractivity (Wildman–Crippen MR) is 97.0 cm³/mol. The first-order chi connectivity index (χ1) is 13.4. The number of hydrogen-bond acceptors (Lipinski definition) is 2. The number of halogens is 3. The van der Waals surface area contributed by atoms with Crippen LogP contribution in [0.5, 0.6) is 5.75 Å². The summed E-state index contributed by atoms with van der Waals surface area (Å²) in [5, 5.41) is 11.8. The number of morpholine rings is 1. The minimum atomic E-state index is -4.38. The number of quaternary nitrogens is 1. The number of benzene rings is 2. The van der Waals surface area contributed by atoms with E-state index in [0.717, 1.165) is 28.0 Å². The molecule has 0 saturated carbocycles. The van der Waals surface area contributed by atoms with Crippen LogP contribution in [-0.2, 0) is 10.9 Å². The predicted octanol–water partition coefficient (Wildman–Crippen LogP) is 2.38. The maximum Gasteiger partial charge on any atom is 0.416 e. The van der Waals surface area contributed by atoms with E-state index in [2.05, 4.69) is 4.98 Å². The normalized spacial score (nSPS) is 17.0. The Morgan fingerprint density at radius 3 is 2.39 bits per heavy atom. The molecule has 1 aliphatic heterocycles. The third kappa shape index (κ3) is 3.55. The lowest BCUT2D eigenvalue weighted by Crippen LogP contribution is -3.14. The van der Waals surface area contributed by atoms with E-state index in [1.807, 2.05) is 24.3 Å². The molecule has 0 radical (unpaired) electrons. The van der Waals surface area contributed by atoms with Gasteiger partial charge >= 0.3 is 6.18 Å². The number of phenols is 1. The third-order valence-electron chi connectivity index (χ3n) is 5.27. The summed E-state index contributed by atoms with van der Waals surface area (Å²) in [6.45, 7) is 2.57. The molecule has 0 spiro atoms. The van der Waals surface area contributed by atoms with Crippen LogP contribution in [-0.4, -0.2) is 31.4 Å². The Morgan fingerprint density at radius 1 is 1.00 bits per heavy atom. The molecular weight excluding hydrogens is 369 g/mol. The van der Waals surface area contributed by atoms with Crippen molar-refractivity contribution in [3.8, 4) is 5.75 Å². The fourth-order valence-corrected chi connectivity index (χ4v) is 3.85. The van der Waals surface area contributed by atoms with Gasteiger partial charge in [-0.05, 0) is 30.3 Å². The fourth-order valence-electron chi connectivity index (χ4n) is 3.85. The zero-order valence-electron chi connectivity index (χ0n) is 15.1. The zero-order chi connectivity index (χ0) is 19.7. The first-order valence-corrected chi connectivity index (χ1v) is 9.17. The van der Waals surface area contributed by atoms with Crippen molar-refractivity contribution >= 4 is 10.9 Å². The molecule has 0 amide bonds. The zero-order valence-corrected chi connectivity index (χ0v) is 15.1. The summed E-state index contributed by atoms with van der Waals surface area (Å²) in [4.78, 5) is 4.21. The molecule has 7 heteroatoms. The molecule has 0 bridgehead atoms. The number of rotatable bonds is 3. The van der Waals surface area contributed by atoms with Gasteiger partial charge in [-0.3, -0.25) is 0 Å². The van der Waals surface area contributed by atoms with Crippen LogP contribution in [0.2, 0.25) is 0 Å². The van der Waals surface area contributed by atoms with Crippen LogP contribution in [0.4, 0.5) is 13.2 Å². The van der Waals surface area contributed by atoms with E-state index >= 15 is 0 Å². The van der Waals surface area contributed by atoms with Gasteiger partial charge in [0.1, 0.15) is 19.1 Å². The number of alkyl halides is 3. The lowest BCUT2D eigenvalue weighted by atomic mass is 9.94. The molecular formula is C21H21F3N2O2+2. The Morgan fingerprint density at radius 2 is 1.71 bits per heavy atom. The Hall–Kier alpha value is -2.64. The summed E-state index contributed by atoms with van der Waals surface area (Å²) in [7, 11) is 0. The van der Waals surface area contributed by atoms with Crippen LogP contribution in [0, 0.1) is 0 Å². The van der Waals surface area contributed by atoms with Crippen molar-refractivity contribution in [3.05, 3.63) is 71.4 Å². The second-order valence-corrected chi connectivity index (χ2v) is 6.96. The number of ether oxygens (including phenoxy) is 1. The fraction of sp³-hybridized carbons (Fsp3) is 0.286. The summed E-state index contributed by atoms with van der Waals surface area (Å²) in [6, 6.07) is 12.5.